The van der Waals surface area contributed by atoms with Crippen molar-refractivity contribution in [2.24, 2.45) is 5.73 Å². The van der Waals surface area contributed by atoms with Crippen molar-refractivity contribution < 1.29 is 14.2 Å². The fourth-order valence-electron chi connectivity index (χ4n) is 1.39. The van der Waals surface area contributed by atoms with E-state index in [1.165, 1.54) is 0 Å². The van der Waals surface area contributed by atoms with Gasteiger partial charge in [-0.2, -0.15) is 0 Å². The third-order valence-electron chi connectivity index (χ3n) is 2.21. The van der Waals surface area contributed by atoms with Crippen LogP contribution in [0.1, 0.15) is 5.56 Å². The molecule has 0 aliphatic rings. The zero-order valence-electron chi connectivity index (χ0n) is 9.86. The first kappa shape index (κ1) is 12.8. The van der Waals surface area contributed by atoms with Gasteiger partial charge in [0.25, 0.3) is 0 Å². The van der Waals surface area contributed by atoms with Crippen molar-refractivity contribution in [1.29, 1.82) is 0 Å². The van der Waals surface area contributed by atoms with E-state index in [0.717, 1.165) is 23.5 Å². The molecule has 1 aromatic carbocycles. The Morgan fingerprint density at radius 1 is 1.12 bits per heavy atom. The Morgan fingerprint density at radius 3 is 2.56 bits per heavy atom. The Bertz CT molecular complexity index is 315. The number of nitrogens with two attached hydrogens (primary N) is 1. The van der Waals surface area contributed by atoms with Crippen molar-refractivity contribution in [3.8, 4) is 11.5 Å². The molecule has 0 spiro atoms. The summed E-state index contributed by atoms with van der Waals surface area (Å²) in [5.74, 6) is 1.47. The maximum Gasteiger partial charge on any atom is 0.161 e. The van der Waals surface area contributed by atoms with Crippen LogP contribution in [-0.2, 0) is 11.2 Å². The van der Waals surface area contributed by atoms with Gasteiger partial charge in [0.05, 0.1) is 13.7 Å². The molecule has 0 atom stereocenters. The Kier molecular flexibility index (Phi) is 5.67. The van der Waals surface area contributed by atoms with Crippen molar-refractivity contribution in [1.82, 2.24) is 0 Å². The Hall–Kier alpha value is -1.26. The molecule has 0 radical (unpaired) electrons. The van der Waals surface area contributed by atoms with Gasteiger partial charge in [0.1, 0.15) is 6.61 Å². The molecule has 0 heterocycles. The smallest absolute Gasteiger partial charge is 0.161 e. The van der Waals surface area contributed by atoms with E-state index in [4.69, 9.17) is 19.9 Å². The van der Waals surface area contributed by atoms with Crippen molar-refractivity contribution in [3.05, 3.63) is 23.8 Å². The van der Waals surface area contributed by atoms with E-state index < -0.39 is 0 Å². The molecule has 16 heavy (non-hydrogen) atoms. The second-order valence-corrected chi connectivity index (χ2v) is 3.37. The van der Waals surface area contributed by atoms with Crippen LogP contribution in [0, 0.1) is 0 Å². The molecule has 1 rings (SSSR count). The molecular weight excluding hydrogens is 206 g/mol. The first-order chi connectivity index (χ1) is 7.81. The van der Waals surface area contributed by atoms with Gasteiger partial charge in [-0.25, -0.2) is 0 Å². The maximum absolute atomic E-state index is 5.52. The molecular formula is C12H19NO3. The van der Waals surface area contributed by atoms with E-state index >= 15 is 0 Å². The molecule has 0 aliphatic carbocycles. The van der Waals surface area contributed by atoms with Crippen LogP contribution < -0.4 is 15.2 Å². The minimum absolute atomic E-state index is 0.517. The molecule has 2 N–H and O–H groups in total. The molecule has 0 saturated heterocycles. The summed E-state index contributed by atoms with van der Waals surface area (Å²) in [5, 5.41) is 0. The topological polar surface area (TPSA) is 53.7 Å². The van der Waals surface area contributed by atoms with E-state index in [-0.39, 0.29) is 0 Å². The second-order valence-electron chi connectivity index (χ2n) is 3.37. The normalized spacial score (nSPS) is 10.2. The van der Waals surface area contributed by atoms with Crippen LogP contribution in [0.5, 0.6) is 11.5 Å². The standard InChI is InChI=1S/C12H19NO3/c1-14-7-8-16-11-4-3-10(5-6-13)9-12(11)15-2/h3-4,9H,5-8,13H2,1-2H3. The number of benzene rings is 1. The Labute approximate surface area is 96.3 Å². The minimum atomic E-state index is 0.517. The van der Waals surface area contributed by atoms with E-state index in [2.05, 4.69) is 0 Å². The molecule has 0 fully saturated rings. The number of hydrogen-bond acceptors (Lipinski definition) is 4. The fourth-order valence-corrected chi connectivity index (χ4v) is 1.39. The summed E-state index contributed by atoms with van der Waals surface area (Å²) in [4.78, 5) is 0. The molecule has 0 aliphatic heterocycles. The van der Waals surface area contributed by atoms with Gasteiger partial charge in [-0.15, -0.1) is 0 Å². The van der Waals surface area contributed by atoms with Gasteiger partial charge in [-0.05, 0) is 30.7 Å². The van der Waals surface area contributed by atoms with Gasteiger partial charge in [0.15, 0.2) is 11.5 Å². The van der Waals surface area contributed by atoms with E-state index in [0.29, 0.717) is 19.8 Å². The first-order valence-corrected chi connectivity index (χ1v) is 5.30. The third kappa shape index (κ3) is 3.72. The average molecular weight is 225 g/mol. The van der Waals surface area contributed by atoms with Crippen molar-refractivity contribution >= 4 is 0 Å². The second kappa shape index (κ2) is 7.09. The Morgan fingerprint density at radius 2 is 1.94 bits per heavy atom. The van der Waals surface area contributed by atoms with Gasteiger partial charge in [-0.3, -0.25) is 0 Å². The van der Waals surface area contributed by atoms with Gasteiger partial charge < -0.3 is 19.9 Å². The van der Waals surface area contributed by atoms with Crippen LogP contribution >= 0.6 is 0 Å². The summed E-state index contributed by atoms with van der Waals surface area (Å²) >= 11 is 0. The highest BCUT2D eigenvalue weighted by molar-refractivity contribution is 5.43. The highest BCUT2D eigenvalue weighted by atomic mass is 16.5. The SMILES string of the molecule is COCCOc1ccc(CCN)cc1OC. The summed E-state index contributed by atoms with van der Waals surface area (Å²) in [6.07, 6.45) is 0.842. The lowest BCUT2D eigenvalue weighted by atomic mass is 10.1. The largest absolute Gasteiger partial charge is 0.493 e. The molecule has 4 heteroatoms. The summed E-state index contributed by atoms with van der Waals surface area (Å²) in [7, 11) is 3.27. The molecule has 0 unspecified atom stereocenters. The number of hydrogen-bond donors (Lipinski definition) is 1. The van der Waals surface area contributed by atoms with Crippen molar-refractivity contribution in [3.63, 3.8) is 0 Å². The molecule has 0 amide bonds. The van der Waals surface area contributed by atoms with Crippen LogP contribution in [0.2, 0.25) is 0 Å². The predicted molar refractivity (Wildman–Crippen MR) is 63.1 cm³/mol. The lowest BCUT2D eigenvalue weighted by Gasteiger charge is -2.11. The number of rotatable bonds is 7. The summed E-state index contributed by atoms with van der Waals surface area (Å²) < 4.78 is 15.7. The minimum Gasteiger partial charge on any atom is -0.493 e. The average Bonchev–Trinajstić information content (AvgIpc) is 2.31. The highest BCUT2D eigenvalue weighted by Gasteiger charge is 2.05. The molecule has 0 aromatic heterocycles. The maximum atomic E-state index is 5.52. The van der Waals surface area contributed by atoms with Crippen molar-refractivity contribution in [2.75, 3.05) is 34.0 Å². The highest BCUT2D eigenvalue weighted by Crippen LogP contribution is 2.28. The van der Waals surface area contributed by atoms with Crippen LogP contribution in [0.4, 0.5) is 0 Å². The van der Waals surface area contributed by atoms with E-state index in [1.54, 1.807) is 14.2 Å². The summed E-state index contributed by atoms with van der Waals surface area (Å²) in [6.45, 7) is 1.71. The van der Waals surface area contributed by atoms with Gasteiger partial charge >= 0.3 is 0 Å². The lowest BCUT2D eigenvalue weighted by Crippen LogP contribution is -2.06. The molecule has 0 saturated carbocycles. The fraction of sp³-hybridized carbons (Fsp3) is 0.500. The van der Waals surface area contributed by atoms with Gasteiger partial charge in [0.2, 0.25) is 0 Å². The molecule has 1 aromatic rings. The number of ether oxygens (including phenoxy) is 3. The Balaban J connectivity index is 2.68. The summed E-state index contributed by atoms with van der Waals surface area (Å²) in [5.41, 5.74) is 6.65. The predicted octanol–water partition coefficient (Wildman–Crippen LogP) is 1.22. The molecule has 4 nitrogen and oxygen atoms in total. The van der Waals surface area contributed by atoms with Crippen molar-refractivity contribution in [2.45, 2.75) is 6.42 Å². The molecule has 90 valence electrons. The van der Waals surface area contributed by atoms with Gasteiger partial charge in [0, 0.05) is 7.11 Å². The van der Waals surface area contributed by atoms with Crippen LogP contribution in [0.25, 0.3) is 0 Å². The van der Waals surface area contributed by atoms with Crippen LogP contribution in [-0.4, -0.2) is 34.0 Å². The lowest BCUT2D eigenvalue weighted by molar-refractivity contribution is 0.144. The van der Waals surface area contributed by atoms with Crippen LogP contribution in [0.15, 0.2) is 18.2 Å². The summed E-state index contributed by atoms with van der Waals surface area (Å²) in [6, 6.07) is 5.85. The van der Waals surface area contributed by atoms with Gasteiger partial charge in [-0.1, -0.05) is 6.07 Å². The zero-order chi connectivity index (χ0) is 11.8. The molecule has 0 bridgehead atoms. The third-order valence-corrected chi connectivity index (χ3v) is 2.21. The van der Waals surface area contributed by atoms with Crippen LogP contribution in [0.3, 0.4) is 0 Å². The monoisotopic (exact) mass is 225 g/mol. The number of methoxy groups -OCH3 is 2. The quantitative estimate of drug-likeness (QED) is 0.709. The van der Waals surface area contributed by atoms with E-state index in [9.17, 15) is 0 Å². The first-order valence-electron chi connectivity index (χ1n) is 5.30. The zero-order valence-corrected chi connectivity index (χ0v) is 9.86. The van der Waals surface area contributed by atoms with E-state index in [1.807, 2.05) is 18.2 Å².